The van der Waals surface area contributed by atoms with Crippen LogP contribution in [0.4, 0.5) is 4.79 Å². The van der Waals surface area contributed by atoms with Crippen LogP contribution >= 0.6 is 0 Å². The molecule has 2 aliphatic rings. The van der Waals surface area contributed by atoms with Crippen molar-refractivity contribution in [2.24, 2.45) is 11.8 Å². The summed E-state index contributed by atoms with van der Waals surface area (Å²) in [6, 6.07) is 14.8. The normalized spacial score (nSPS) is 17.6. The molecule has 282 valence electrons. The Labute approximate surface area is 309 Å². The first-order valence-electron chi connectivity index (χ1n) is 18.4. The lowest BCUT2D eigenvalue weighted by atomic mass is 9.93. The van der Waals surface area contributed by atoms with E-state index in [-0.39, 0.29) is 31.3 Å². The Hall–Kier alpha value is -5.33. The number of ketones is 1. The highest BCUT2D eigenvalue weighted by molar-refractivity contribution is 6.38. The maximum Gasteiger partial charge on any atom is 0.408 e. The van der Waals surface area contributed by atoms with E-state index in [0.717, 1.165) is 47.7 Å². The van der Waals surface area contributed by atoms with Crippen LogP contribution in [0.3, 0.4) is 0 Å². The second kappa shape index (κ2) is 17.9. The zero-order valence-electron chi connectivity index (χ0n) is 30.6. The number of alkyl carbamates (subject to hydrolysis) is 1. The third-order valence-corrected chi connectivity index (χ3v) is 9.69. The number of hydrogen-bond donors (Lipinski definition) is 5. The number of aromatic nitrogens is 1. The Morgan fingerprint density at radius 3 is 2.25 bits per heavy atom. The van der Waals surface area contributed by atoms with Crippen molar-refractivity contribution in [3.05, 3.63) is 78.0 Å². The van der Waals surface area contributed by atoms with Gasteiger partial charge in [0.2, 0.25) is 23.5 Å². The predicted octanol–water partition coefficient (Wildman–Crippen LogP) is 3.63. The van der Waals surface area contributed by atoms with Gasteiger partial charge in [0.25, 0.3) is 5.91 Å². The molecular weight excluding hydrogens is 676 g/mol. The third kappa shape index (κ3) is 11.3. The highest BCUT2D eigenvalue weighted by atomic mass is 16.5. The summed E-state index contributed by atoms with van der Waals surface area (Å²) in [5.41, 5.74) is 1.53. The molecule has 13 heteroatoms. The van der Waals surface area contributed by atoms with Crippen molar-refractivity contribution in [3.8, 4) is 0 Å². The molecule has 1 saturated heterocycles. The van der Waals surface area contributed by atoms with E-state index in [4.69, 9.17) is 4.74 Å². The second-order valence-corrected chi connectivity index (χ2v) is 15.0. The lowest BCUT2D eigenvalue weighted by Crippen LogP contribution is -2.58. The van der Waals surface area contributed by atoms with Crippen molar-refractivity contribution in [1.82, 2.24) is 31.6 Å². The number of Topliss-reactive ketones (excluding diaryl/α,β-unsaturated/α-hetero) is 1. The maximum atomic E-state index is 14.2. The van der Waals surface area contributed by atoms with Crippen molar-refractivity contribution in [1.29, 1.82) is 0 Å². The van der Waals surface area contributed by atoms with E-state index in [0.29, 0.717) is 19.4 Å². The first-order valence-corrected chi connectivity index (χ1v) is 18.4. The molecule has 4 atom stereocenters. The van der Waals surface area contributed by atoms with E-state index >= 15 is 0 Å². The van der Waals surface area contributed by atoms with Gasteiger partial charge in [-0.3, -0.25) is 29.0 Å². The van der Waals surface area contributed by atoms with Gasteiger partial charge in [0.15, 0.2) is 0 Å². The number of benzene rings is 2. The molecule has 0 spiro atoms. The highest BCUT2D eigenvalue weighted by Crippen LogP contribution is 2.29. The van der Waals surface area contributed by atoms with Crippen LogP contribution in [0.25, 0.3) is 10.9 Å². The van der Waals surface area contributed by atoms with Crippen molar-refractivity contribution >= 4 is 46.4 Å². The van der Waals surface area contributed by atoms with Gasteiger partial charge in [-0.15, -0.1) is 0 Å². The fourth-order valence-electron chi connectivity index (χ4n) is 6.98. The van der Waals surface area contributed by atoms with Crippen LogP contribution in [0.1, 0.15) is 76.8 Å². The minimum absolute atomic E-state index is 0.0108. The van der Waals surface area contributed by atoms with Gasteiger partial charge >= 0.3 is 6.09 Å². The summed E-state index contributed by atoms with van der Waals surface area (Å²) >= 11 is 0. The van der Waals surface area contributed by atoms with Crippen LogP contribution in [0, 0.1) is 11.8 Å². The van der Waals surface area contributed by atoms with Crippen LogP contribution in [0.2, 0.25) is 0 Å². The quantitative estimate of drug-likeness (QED) is 0.147. The molecule has 53 heavy (non-hydrogen) atoms. The number of rotatable bonds is 15. The summed E-state index contributed by atoms with van der Waals surface area (Å²) in [4.78, 5) is 85.0. The van der Waals surface area contributed by atoms with E-state index < -0.39 is 59.2 Å². The molecule has 13 nitrogen and oxygen atoms in total. The molecular formula is C40H50N6O7. The number of nitrogens with zero attached hydrogens (tertiary/aromatic N) is 1. The van der Waals surface area contributed by atoms with Gasteiger partial charge in [0, 0.05) is 36.0 Å². The molecule has 1 saturated carbocycles. The molecule has 5 amide bonds. The number of hydrogen-bond acceptors (Lipinski definition) is 8. The number of pyridine rings is 1. The largest absolute Gasteiger partial charge is 0.445 e. The number of nitrogens with one attached hydrogen (secondary N) is 5. The molecule has 1 aromatic heterocycles. The second-order valence-electron chi connectivity index (χ2n) is 15.0. The maximum absolute atomic E-state index is 14.2. The van der Waals surface area contributed by atoms with E-state index in [1.165, 1.54) is 0 Å². The highest BCUT2D eigenvalue weighted by Gasteiger charge is 2.37. The molecule has 1 aliphatic heterocycles. The zero-order chi connectivity index (χ0) is 38.0. The Balaban J connectivity index is 1.38. The van der Waals surface area contributed by atoms with Crippen LogP contribution in [-0.2, 0) is 41.7 Å². The smallest absolute Gasteiger partial charge is 0.408 e. The van der Waals surface area contributed by atoms with Crippen molar-refractivity contribution in [2.75, 3.05) is 6.54 Å². The van der Waals surface area contributed by atoms with E-state index in [9.17, 15) is 28.8 Å². The number of fused-ring (bicyclic) bond motifs is 1. The molecule has 3 aromatic rings. The first-order chi connectivity index (χ1) is 25.4. The fraction of sp³-hybridized carbons (Fsp3) is 0.475. The van der Waals surface area contributed by atoms with Crippen molar-refractivity contribution < 1.29 is 33.5 Å². The number of amides is 5. The van der Waals surface area contributed by atoms with Gasteiger partial charge in [-0.1, -0.05) is 74.2 Å². The Kier molecular flexibility index (Phi) is 13.2. The number of carbonyl (C=O) groups excluding carboxylic acids is 6. The summed E-state index contributed by atoms with van der Waals surface area (Å²) in [6.07, 6.45) is 5.33. The summed E-state index contributed by atoms with van der Waals surface area (Å²) < 4.78 is 5.47. The summed E-state index contributed by atoms with van der Waals surface area (Å²) in [5, 5.41) is 14.5. The standard InChI is InChI=1S/C40H50N6O7/c1-40(2,3)46-38(51)34(47)31(23-28-18-20-42-35(28)48)43-36(49)32(21-25-11-7-8-12-25)44-37(50)33(45-39(52)53-24-26-13-5-4-6-14-26)22-27-15-9-17-30-29(27)16-10-19-41-30/h4-6,9-10,13-17,19,25,28,31-33H,7-8,11-12,18,20-24H2,1-3H3,(H,42,48)(H,43,49)(H,44,50)(H,45,52)(H,46,51)/t28-,31-,32-,33-/m0/s1. The van der Waals surface area contributed by atoms with Gasteiger partial charge in [0.1, 0.15) is 18.7 Å². The zero-order valence-corrected chi connectivity index (χ0v) is 30.6. The average molecular weight is 727 g/mol. The molecule has 1 aliphatic carbocycles. The fourth-order valence-corrected chi connectivity index (χ4v) is 6.98. The van der Waals surface area contributed by atoms with Crippen LogP contribution in [0.5, 0.6) is 0 Å². The lowest BCUT2D eigenvalue weighted by molar-refractivity contribution is -0.142. The van der Waals surface area contributed by atoms with Gasteiger partial charge < -0.3 is 31.3 Å². The van der Waals surface area contributed by atoms with Crippen molar-refractivity contribution in [3.63, 3.8) is 0 Å². The van der Waals surface area contributed by atoms with Crippen LogP contribution < -0.4 is 26.6 Å². The van der Waals surface area contributed by atoms with E-state index in [1.807, 2.05) is 54.6 Å². The Bertz CT molecular complexity index is 1780. The molecule has 5 rings (SSSR count). The lowest BCUT2D eigenvalue weighted by Gasteiger charge is -2.28. The molecule has 0 bridgehead atoms. The predicted molar refractivity (Wildman–Crippen MR) is 198 cm³/mol. The molecule has 2 fully saturated rings. The Morgan fingerprint density at radius 1 is 0.830 bits per heavy atom. The molecule has 2 heterocycles. The molecule has 0 unspecified atom stereocenters. The molecule has 0 radical (unpaired) electrons. The van der Waals surface area contributed by atoms with E-state index in [1.54, 1.807) is 33.0 Å². The number of ether oxygens (including phenoxy) is 1. The minimum Gasteiger partial charge on any atom is -0.445 e. The molecule has 5 N–H and O–H groups in total. The van der Waals surface area contributed by atoms with Gasteiger partial charge in [-0.25, -0.2) is 4.79 Å². The summed E-state index contributed by atoms with van der Waals surface area (Å²) in [5.74, 6) is -3.70. The minimum atomic E-state index is -1.30. The third-order valence-electron chi connectivity index (χ3n) is 9.69. The monoisotopic (exact) mass is 726 g/mol. The summed E-state index contributed by atoms with van der Waals surface area (Å²) in [7, 11) is 0. The van der Waals surface area contributed by atoms with Crippen LogP contribution in [0.15, 0.2) is 66.9 Å². The van der Waals surface area contributed by atoms with E-state index in [2.05, 4.69) is 31.6 Å². The average Bonchev–Trinajstić information content (AvgIpc) is 3.80. The van der Waals surface area contributed by atoms with Crippen LogP contribution in [-0.4, -0.2) is 70.7 Å². The van der Waals surface area contributed by atoms with Crippen molar-refractivity contribution in [2.45, 2.75) is 102 Å². The van der Waals surface area contributed by atoms with Gasteiger partial charge in [-0.2, -0.15) is 0 Å². The molecule has 2 aromatic carbocycles. The summed E-state index contributed by atoms with van der Waals surface area (Å²) in [6.45, 7) is 5.63. The topological polar surface area (TPSA) is 185 Å². The number of carbonyl (C=O) groups is 6. The first kappa shape index (κ1) is 38.9. The Morgan fingerprint density at radius 2 is 1.55 bits per heavy atom. The van der Waals surface area contributed by atoms with Gasteiger partial charge in [-0.05, 0) is 69.2 Å². The SMILES string of the molecule is CC(C)(C)NC(=O)C(=O)[C@H](C[C@@H]1CCNC1=O)NC(=O)[C@H](CC1CCCC1)NC(=O)[C@H](Cc1cccc2ncccc12)NC(=O)OCc1ccccc1. The van der Waals surface area contributed by atoms with Gasteiger partial charge in [0.05, 0.1) is 11.6 Å².